The molecule has 0 bridgehead atoms. The summed E-state index contributed by atoms with van der Waals surface area (Å²) in [6.07, 6.45) is 4.18. The summed E-state index contributed by atoms with van der Waals surface area (Å²) in [5, 5.41) is 8.67. The minimum Gasteiger partial charge on any atom is -0.484 e. The van der Waals surface area contributed by atoms with Gasteiger partial charge in [-0.2, -0.15) is 5.26 Å². The maximum atomic E-state index is 11.5. The fourth-order valence-corrected chi connectivity index (χ4v) is 1.53. The number of ether oxygens (including phenoxy) is 1. The van der Waals surface area contributed by atoms with Crippen molar-refractivity contribution in [2.24, 2.45) is 0 Å². The molecule has 0 saturated heterocycles. The fourth-order valence-electron chi connectivity index (χ4n) is 1.53. The number of hydrogen-bond donors (Lipinski definition) is 2. The molecule has 0 aliphatic heterocycles. The zero-order valence-electron chi connectivity index (χ0n) is 12.0. The predicted molar refractivity (Wildman–Crippen MR) is 80.7 cm³/mol. The molecule has 1 heterocycles. The van der Waals surface area contributed by atoms with Crippen LogP contribution in [0.3, 0.4) is 0 Å². The molecule has 7 heteroatoms. The number of furan rings is 1. The number of hydrogen-bond acceptors (Lipinski definition) is 5. The van der Waals surface area contributed by atoms with E-state index in [1.807, 2.05) is 6.07 Å². The van der Waals surface area contributed by atoms with E-state index in [0.717, 1.165) is 0 Å². The first-order chi connectivity index (χ1) is 11.2. The number of hydrazine groups is 1. The normalized spacial score (nSPS) is 10.0. The first-order valence-electron chi connectivity index (χ1n) is 6.61. The van der Waals surface area contributed by atoms with Gasteiger partial charge in [0.05, 0.1) is 17.9 Å². The van der Waals surface area contributed by atoms with Crippen LogP contribution in [0.15, 0.2) is 53.2 Å². The van der Waals surface area contributed by atoms with Gasteiger partial charge in [0.2, 0.25) is 0 Å². The fraction of sp³-hybridized carbons (Fsp3) is 0.0625. The molecular formula is C16H13N3O4. The topological polar surface area (TPSA) is 104 Å². The van der Waals surface area contributed by atoms with E-state index in [9.17, 15) is 9.59 Å². The van der Waals surface area contributed by atoms with E-state index in [2.05, 4.69) is 10.9 Å². The van der Waals surface area contributed by atoms with E-state index >= 15 is 0 Å². The van der Waals surface area contributed by atoms with Crippen LogP contribution >= 0.6 is 0 Å². The molecule has 1 aromatic carbocycles. The summed E-state index contributed by atoms with van der Waals surface area (Å²) in [5.41, 5.74) is 4.91. The molecule has 116 valence electrons. The lowest BCUT2D eigenvalue weighted by atomic mass is 10.2. The summed E-state index contributed by atoms with van der Waals surface area (Å²) in [4.78, 5) is 23.0. The highest BCUT2D eigenvalue weighted by molar-refractivity contribution is 5.92. The summed E-state index contributed by atoms with van der Waals surface area (Å²) in [6, 6.07) is 11.7. The molecular weight excluding hydrogens is 298 g/mol. The molecule has 0 aliphatic carbocycles. The SMILES string of the molecule is N#Cc1ccc(OCC(=O)NNC(=O)/C=C/c2ccco2)cc1. The van der Waals surface area contributed by atoms with Gasteiger partial charge in [0.1, 0.15) is 11.5 Å². The highest BCUT2D eigenvalue weighted by Crippen LogP contribution is 2.11. The number of rotatable bonds is 5. The third-order valence-corrected chi connectivity index (χ3v) is 2.62. The number of amides is 2. The molecule has 1 aromatic heterocycles. The standard InChI is InChI=1S/C16H13N3O4/c17-10-12-3-5-14(6-4-12)23-11-16(21)19-18-15(20)8-7-13-2-1-9-22-13/h1-9H,11H2,(H,18,20)(H,19,21)/b8-7+. The number of benzene rings is 1. The number of nitrogens with one attached hydrogen (secondary N) is 2. The van der Waals surface area contributed by atoms with Crippen molar-refractivity contribution in [3.8, 4) is 11.8 Å². The Morgan fingerprint density at radius 1 is 1.22 bits per heavy atom. The molecule has 2 amide bonds. The second-order valence-electron chi connectivity index (χ2n) is 4.31. The monoisotopic (exact) mass is 311 g/mol. The van der Waals surface area contributed by atoms with Gasteiger partial charge in [0.15, 0.2) is 6.61 Å². The minimum absolute atomic E-state index is 0.270. The van der Waals surface area contributed by atoms with E-state index in [1.165, 1.54) is 18.4 Å². The van der Waals surface area contributed by atoms with Crippen LogP contribution in [0.5, 0.6) is 5.75 Å². The Balaban J connectivity index is 1.70. The molecule has 0 spiro atoms. The van der Waals surface area contributed by atoms with Crippen molar-refractivity contribution in [2.75, 3.05) is 6.61 Å². The molecule has 0 radical (unpaired) electrons. The summed E-state index contributed by atoms with van der Waals surface area (Å²) >= 11 is 0. The van der Waals surface area contributed by atoms with Crippen molar-refractivity contribution < 1.29 is 18.7 Å². The summed E-state index contributed by atoms with van der Waals surface area (Å²) in [6.45, 7) is -0.270. The molecule has 23 heavy (non-hydrogen) atoms. The summed E-state index contributed by atoms with van der Waals surface area (Å²) in [7, 11) is 0. The van der Waals surface area contributed by atoms with Gasteiger partial charge in [-0.25, -0.2) is 0 Å². The van der Waals surface area contributed by atoms with Crippen LogP contribution in [0.25, 0.3) is 6.08 Å². The smallest absolute Gasteiger partial charge is 0.276 e. The van der Waals surface area contributed by atoms with Crippen LogP contribution in [0, 0.1) is 11.3 Å². The molecule has 0 fully saturated rings. The van der Waals surface area contributed by atoms with E-state index in [0.29, 0.717) is 17.1 Å². The van der Waals surface area contributed by atoms with Gasteiger partial charge < -0.3 is 9.15 Å². The van der Waals surface area contributed by atoms with E-state index in [1.54, 1.807) is 36.4 Å². The zero-order chi connectivity index (χ0) is 16.5. The van der Waals surface area contributed by atoms with Crippen LogP contribution < -0.4 is 15.6 Å². The van der Waals surface area contributed by atoms with E-state index in [4.69, 9.17) is 14.4 Å². The average molecular weight is 311 g/mol. The Morgan fingerprint density at radius 2 is 2.00 bits per heavy atom. The van der Waals surface area contributed by atoms with Crippen molar-refractivity contribution in [3.05, 3.63) is 60.1 Å². The first kappa shape index (κ1) is 15.9. The van der Waals surface area contributed by atoms with Crippen molar-refractivity contribution in [2.45, 2.75) is 0 Å². The number of nitrogens with zero attached hydrogens (tertiary/aromatic N) is 1. The Kier molecular flexibility index (Phi) is 5.54. The second-order valence-corrected chi connectivity index (χ2v) is 4.31. The summed E-state index contributed by atoms with van der Waals surface area (Å²) in [5.74, 6) is -0.0546. The van der Waals surface area contributed by atoms with Crippen molar-refractivity contribution >= 4 is 17.9 Å². The molecule has 0 unspecified atom stereocenters. The van der Waals surface area contributed by atoms with Gasteiger partial charge >= 0.3 is 0 Å². The largest absolute Gasteiger partial charge is 0.484 e. The Hall–Kier alpha value is -3.53. The van der Waals surface area contributed by atoms with E-state index < -0.39 is 11.8 Å². The van der Waals surface area contributed by atoms with Crippen LogP contribution in [-0.4, -0.2) is 18.4 Å². The van der Waals surface area contributed by atoms with Crippen molar-refractivity contribution in [3.63, 3.8) is 0 Å². The zero-order valence-corrected chi connectivity index (χ0v) is 12.0. The molecule has 0 aliphatic rings. The third-order valence-electron chi connectivity index (χ3n) is 2.62. The molecule has 0 saturated carbocycles. The quantitative estimate of drug-likeness (QED) is 0.641. The lowest BCUT2D eigenvalue weighted by Crippen LogP contribution is -2.43. The van der Waals surface area contributed by atoms with Crippen LogP contribution in [0.2, 0.25) is 0 Å². The molecule has 7 nitrogen and oxygen atoms in total. The van der Waals surface area contributed by atoms with Crippen LogP contribution in [-0.2, 0) is 9.59 Å². The third kappa shape index (κ3) is 5.40. The highest BCUT2D eigenvalue weighted by Gasteiger charge is 2.04. The maximum absolute atomic E-state index is 11.5. The maximum Gasteiger partial charge on any atom is 0.276 e. The minimum atomic E-state index is -0.519. The molecule has 2 aromatic rings. The Morgan fingerprint density at radius 3 is 2.65 bits per heavy atom. The second kappa shape index (κ2) is 8.05. The number of carbonyl (C=O) groups excluding carboxylic acids is 2. The lowest BCUT2D eigenvalue weighted by molar-refractivity contribution is -0.128. The Bertz CT molecular complexity index is 728. The highest BCUT2D eigenvalue weighted by atomic mass is 16.5. The van der Waals surface area contributed by atoms with Gasteiger partial charge in [-0.15, -0.1) is 0 Å². The average Bonchev–Trinajstić information content (AvgIpc) is 3.10. The molecule has 2 rings (SSSR count). The van der Waals surface area contributed by atoms with E-state index in [-0.39, 0.29) is 6.61 Å². The van der Waals surface area contributed by atoms with Gasteiger partial charge in [-0.1, -0.05) is 0 Å². The molecule has 2 N–H and O–H groups in total. The summed E-state index contributed by atoms with van der Waals surface area (Å²) < 4.78 is 10.2. The lowest BCUT2D eigenvalue weighted by Gasteiger charge is -2.07. The van der Waals surface area contributed by atoms with Crippen LogP contribution in [0.4, 0.5) is 0 Å². The van der Waals surface area contributed by atoms with Gasteiger partial charge in [-0.3, -0.25) is 20.4 Å². The van der Waals surface area contributed by atoms with Crippen molar-refractivity contribution in [1.29, 1.82) is 5.26 Å². The Labute approximate surface area is 132 Å². The first-order valence-corrected chi connectivity index (χ1v) is 6.61. The van der Waals surface area contributed by atoms with Gasteiger partial charge in [-0.05, 0) is 42.5 Å². The predicted octanol–water partition coefficient (Wildman–Crippen LogP) is 1.39. The number of carbonyl (C=O) groups is 2. The van der Waals surface area contributed by atoms with Gasteiger partial charge in [0, 0.05) is 6.08 Å². The number of nitriles is 1. The van der Waals surface area contributed by atoms with Gasteiger partial charge in [0.25, 0.3) is 11.8 Å². The van der Waals surface area contributed by atoms with Crippen molar-refractivity contribution in [1.82, 2.24) is 10.9 Å². The van der Waals surface area contributed by atoms with Crippen LogP contribution in [0.1, 0.15) is 11.3 Å². The molecule has 0 atom stereocenters.